The van der Waals surface area contributed by atoms with Gasteiger partial charge in [0.05, 0.1) is 60.3 Å². The first-order valence-electron chi connectivity index (χ1n) is 9.47. The predicted octanol–water partition coefficient (Wildman–Crippen LogP) is 2.82. The number of aliphatic carboxylic acids is 2. The van der Waals surface area contributed by atoms with E-state index >= 15 is 0 Å². The number of aromatic amines is 1. The van der Waals surface area contributed by atoms with Crippen LogP contribution in [-0.2, 0) is 26.1 Å². The molecule has 3 rings (SSSR count). The van der Waals surface area contributed by atoms with E-state index in [4.69, 9.17) is 19.7 Å². The molecule has 0 saturated heterocycles. The molecule has 0 aliphatic heterocycles. The Morgan fingerprint density at radius 3 is 2.35 bits per heavy atom. The van der Waals surface area contributed by atoms with Crippen LogP contribution in [0.25, 0.3) is 11.0 Å². The fraction of sp³-hybridized carbons (Fsp3) is 0.300. The van der Waals surface area contributed by atoms with Crippen molar-refractivity contribution in [1.29, 1.82) is 0 Å². The zero-order chi connectivity index (χ0) is 25.3. The van der Waals surface area contributed by atoms with Gasteiger partial charge in [0.25, 0.3) is 0 Å². The fourth-order valence-electron chi connectivity index (χ4n) is 2.61. The summed E-state index contributed by atoms with van der Waals surface area (Å²) in [5.41, 5.74) is 1.38. The molecule has 0 radical (unpaired) electrons. The number of halogens is 2. The molecule has 3 N–H and O–H groups in total. The molecule has 1 atom stereocenters. The molecule has 0 bridgehead atoms. The summed E-state index contributed by atoms with van der Waals surface area (Å²) in [6, 6.07) is 5.89. The van der Waals surface area contributed by atoms with Gasteiger partial charge in [-0.15, -0.1) is 0 Å². The second-order valence-corrected chi connectivity index (χ2v) is 7.74. The first-order chi connectivity index (χ1) is 16.1. The minimum Gasteiger partial charge on any atom is -0.493 e. The van der Waals surface area contributed by atoms with Crippen molar-refractivity contribution in [1.82, 2.24) is 15.0 Å². The molecule has 0 amide bonds. The van der Waals surface area contributed by atoms with Crippen LogP contribution in [0.2, 0.25) is 0 Å². The largest absolute Gasteiger partial charge is 0.493 e. The molecule has 3 aromatic rings. The summed E-state index contributed by atoms with van der Waals surface area (Å²) >= 11 is 0. The molecule has 0 fully saturated rings. The van der Waals surface area contributed by atoms with Gasteiger partial charge in [-0.05, 0) is 12.1 Å². The molecule has 2 heterocycles. The molecule has 0 saturated carbocycles. The molecule has 0 aliphatic rings. The van der Waals surface area contributed by atoms with Crippen LogP contribution in [0.1, 0.15) is 18.5 Å². The lowest BCUT2D eigenvalue weighted by Gasteiger charge is -2.10. The summed E-state index contributed by atoms with van der Waals surface area (Å²) in [6.45, 7) is -2.92. The van der Waals surface area contributed by atoms with Gasteiger partial charge in [0.2, 0.25) is 0 Å². The average molecular weight is 501 g/mol. The van der Waals surface area contributed by atoms with Crippen molar-refractivity contribution in [2.45, 2.75) is 30.4 Å². The highest BCUT2D eigenvalue weighted by molar-refractivity contribution is 7.84. The minimum atomic E-state index is -2.92. The first-order valence-corrected chi connectivity index (χ1v) is 10.8. The van der Waals surface area contributed by atoms with Crippen LogP contribution in [0.4, 0.5) is 8.78 Å². The number of carboxylic acids is 2. The third kappa shape index (κ3) is 7.65. The maximum Gasteiger partial charge on any atom is 0.387 e. The number of H-pyrrole nitrogens is 1. The molecule has 184 valence electrons. The summed E-state index contributed by atoms with van der Waals surface area (Å²) in [4.78, 5) is 30.5. The predicted molar refractivity (Wildman–Crippen MR) is 115 cm³/mol. The number of pyridine rings is 1. The number of rotatable bonds is 10. The summed E-state index contributed by atoms with van der Waals surface area (Å²) < 4.78 is 52.1. The van der Waals surface area contributed by atoms with E-state index in [1.165, 1.54) is 38.6 Å². The summed E-state index contributed by atoms with van der Waals surface area (Å²) in [5.74, 6) is -1.25. The molecule has 34 heavy (non-hydrogen) atoms. The van der Waals surface area contributed by atoms with Crippen LogP contribution in [0.3, 0.4) is 0 Å². The summed E-state index contributed by atoms with van der Waals surface area (Å²) in [7, 11) is 1.41. The SMILES string of the molecule is COc1ccnc(CS(=O)c2nc3ccc(OC(F)F)cc3[nH]2)c1OC.O=C(O)CCC(=O)O. The monoisotopic (exact) mass is 501 g/mol. The van der Waals surface area contributed by atoms with Crippen LogP contribution in [0, 0.1) is 0 Å². The number of methoxy groups -OCH3 is 2. The van der Waals surface area contributed by atoms with Crippen LogP contribution in [-0.4, -0.2) is 62.1 Å². The van der Waals surface area contributed by atoms with Crippen LogP contribution in [0.15, 0.2) is 35.6 Å². The number of alkyl halides is 2. The highest BCUT2D eigenvalue weighted by Crippen LogP contribution is 2.30. The Hall–Kier alpha value is -3.81. The Balaban J connectivity index is 0.000000440. The van der Waals surface area contributed by atoms with Gasteiger partial charge >= 0.3 is 18.6 Å². The van der Waals surface area contributed by atoms with E-state index in [2.05, 4.69) is 19.7 Å². The van der Waals surface area contributed by atoms with Crippen molar-refractivity contribution in [2.75, 3.05) is 14.2 Å². The van der Waals surface area contributed by atoms with Gasteiger partial charge in [-0.3, -0.25) is 18.8 Å². The highest BCUT2D eigenvalue weighted by Gasteiger charge is 2.18. The number of hydrogen-bond donors (Lipinski definition) is 3. The van der Waals surface area contributed by atoms with Crippen molar-refractivity contribution in [3.8, 4) is 17.2 Å². The van der Waals surface area contributed by atoms with E-state index < -0.39 is 29.3 Å². The number of ether oxygens (including phenoxy) is 3. The second-order valence-electron chi connectivity index (χ2n) is 6.37. The molecule has 0 spiro atoms. The smallest absolute Gasteiger partial charge is 0.387 e. The summed E-state index contributed by atoms with van der Waals surface area (Å²) in [5, 5.41) is 16.0. The van der Waals surface area contributed by atoms with Gasteiger partial charge in [-0.1, -0.05) is 0 Å². The molecular weight excluding hydrogens is 480 g/mol. The highest BCUT2D eigenvalue weighted by atomic mass is 32.2. The molecule has 11 nitrogen and oxygen atoms in total. The van der Waals surface area contributed by atoms with Gasteiger partial charge < -0.3 is 29.4 Å². The maximum atomic E-state index is 12.6. The van der Waals surface area contributed by atoms with E-state index in [0.717, 1.165) is 0 Å². The standard InChI is InChI=1S/C16H15F2N3O4S.C4H6O4/c1-23-13-5-6-19-12(14(13)24-2)8-26(22)16-20-10-4-3-9(25-15(17)18)7-11(10)21-16;5-3(6)1-2-4(7)8/h3-7,15H,8H2,1-2H3,(H,20,21);1-2H2,(H,5,6)(H,7,8). The lowest BCUT2D eigenvalue weighted by Crippen LogP contribution is -2.04. The Bertz CT molecular complexity index is 1160. The Morgan fingerprint density at radius 2 is 1.79 bits per heavy atom. The maximum absolute atomic E-state index is 12.6. The number of hydrogen-bond acceptors (Lipinski definition) is 8. The van der Waals surface area contributed by atoms with E-state index in [0.29, 0.717) is 28.2 Å². The number of benzene rings is 1. The van der Waals surface area contributed by atoms with Gasteiger partial charge in [0, 0.05) is 18.3 Å². The minimum absolute atomic E-state index is 0.00962. The van der Waals surface area contributed by atoms with Crippen molar-refractivity contribution in [3.63, 3.8) is 0 Å². The number of nitrogens with zero attached hydrogens (tertiary/aromatic N) is 2. The van der Waals surface area contributed by atoms with Gasteiger partial charge in [0.1, 0.15) is 5.75 Å². The van der Waals surface area contributed by atoms with Crippen LogP contribution in [0.5, 0.6) is 17.2 Å². The van der Waals surface area contributed by atoms with E-state index in [1.807, 2.05) is 0 Å². The fourth-order valence-corrected chi connectivity index (χ4v) is 3.62. The zero-order valence-electron chi connectivity index (χ0n) is 18.0. The summed E-state index contributed by atoms with van der Waals surface area (Å²) in [6.07, 6.45) is 0.936. The average Bonchev–Trinajstić information content (AvgIpc) is 3.21. The van der Waals surface area contributed by atoms with E-state index in [9.17, 15) is 22.6 Å². The molecular formula is C20H21F2N3O8S. The van der Waals surface area contributed by atoms with Gasteiger partial charge in [0.15, 0.2) is 16.7 Å². The van der Waals surface area contributed by atoms with Crippen molar-refractivity contribution < 1.29 is 47.0 Å². The quantitative estimate of drug-likeness (QED) is 0.377. The zero-order valence-corrected chi connectivity index (χ0v) is 18.8. The Morgan fingerprint density at radius 1 is 1.12 bits per heavy atom. The second kappa shape index (κ2) is 12.4. The third-order valence-electron chi connectivity index (χ3n) is 4.06. The number of fused-ring (bicyclic) bond motifs is 1. The number of nitrogens with one attached hydrogen (secondary N) is 1. The Labute approximate surface area is 194 Å². The third-order valence-corrected chi connectivity index (χ3v) is 5.22. The van der Waals surface area contributed by atoms with Gasteiger partial charge in [-0.25, -0.2) is 4.98 Å². The van der Waals surface area contributed by atoms with Crippen LogP contribution < -0.4 is 14.2 Å². The van der Waals surface area contributed by atoms with Crippen LogP contribution >= 0.6 is 0 Å². The number of imidazole rings is 1. The Kier molecular flexibility index (Phi) is 9.67. The van der Waals surface area contributed by atoms with Gasteiger partial charge in [-0.2, -0.15) is 8.78 Å². The van der Waals surface area contributed by atoms with E-state index in [1.54, 1.807) is 6.07 Å². The normalized spacial score (nSPS) is 11.4. The number of carbonyl (C=O) groups is 2. The lowest BCUT2D eigenvalue weighted by atomic mass is 10.3. The van der Waals surface area contributed by atoms with Crippen molar-refractivity contribution >= 4 is 33.8 Å². The van der Waals surface area contributed by atoms with E-state index in [-0.39, 0.29) is 29.5 Å². The number of carboxylic acid groups (broad SMARTS) is 2. The van der Waals surface area contributed by atoms with Crippen molar-refractivity contribution in [2.24, 2.45) is 0 Å². The molecule has 0 aliphatic carbocycles. The lowest BCUT2D eigenvalue weighted by molar-refractivity contribution is -0.143. The molecule has 14 heteroatoms. The molecule has 1 aromatic carbocycles. The topological polar surface area (TPSA) is 161 Å². The van der Waals surface area contributed by atoms with Crippen molar-refractivity contribution in [3.05, 3.63) is 36.2 Å². The molecule has 2 aromatic heterocycles. The number of aromatic nitrogens is 3. The molecule has 1 unspecified atom stereocenters. The first kappa shape index (κ1) is 26.4.